The molecule has 27 heavy (non-hydrogen) atoms. The van der Waals surface area contributed by atoms with Crippen molar-refractivity contribution in [1.82, 2.24) is 9.55 Å². The van der Waals surface area contributed by atoms with Crippen LogP contribution in [0.4, 0.5) is 11.5 Å². The summed E-state index contributed by atoms with van der Waals surface area (Å²) in [6.45, 7) is 2.06. The topological polar surface area (TPSA) is 121 Å². The van der Waals surface area contributed by atoms with Gasteiger partial charge in [-0.05, 0) is 12.1 Å². The first kappa shape index (κ1) is 20.6. The molecule has 0 fully saturated rings. The second-order valence-electron chi connectivity index (χ2n) is 5.74. The van der Waals surface area contributed by atoms with Crippen molar-refractivity contribution in [3.8, 4) is 0 Å². The molecule has 9 nitrogen and oxygen atoms in total. The highest BCUT2D eigenvalue weighted by Crippen LogP contribution is 2.17. The average molecular weight is 375 g/mol. The van der Waals surface area contributed by atoms with Crippen molar-refractivity contribution in [2.24, 2.45) is 12.8 Å². The van der Waals surface area contributed by atoms with Crippen LogP contribution in [-0.4, -0.2) is 54.3 Å². The molecule has 1 heterocycles. The summed E-state index contributed by atoms with van der Waals surface area (Å²) in [6.07, 6.45) is 3.45. The van der Waals surface area contributed by atoms with Crippen LogP contribution in [0.15, 0.2) is 36.8 Å². The molecule has 0 spiro atoms. The maximum Gasteiger partial charge on any atom is 0.258 e. The van der Waals surface area contributed by atoms with Gasteiger partial charge in [0.25, 0.3) is 5.91 Å². The molecule has 2 rings (SSSR count). The number of hydrogen-bond donors (Lipinski definition) is 3. The molecular formula is C18H25N5O4. The Labute approximate surface area is 157 Å². The van der Waals surface area contributed by atoms with E-state index in [1.807, 2.05) is 7.05 Å². The second-order valence-corrected chi connectivity index (χ2v) is 5.74. The number of ether oxygens (including phenoxy) is 2. The normalized spacial score (nSPS) is 10.6. The molecule has 1 aromatic heterocycles. The lowest BCUT2D eigenvalue weighted by Gasteiger charge is -2.11. The highest BCUT2D eigenvalue weighted by atomic mass is 16.5. The van der Waals surface area contributed by atoms with Gasteiger partial charge < -0.3 is 30.4 Å². The molecule has 4 N–H and O–H groups in total. The number of anilines is 2. The Hall–Kier alpha value is -2.75. The first-order chi connectivity index (χ1) is 13.1. The van der Waals surface area contributed by atoms with E-state index >= 15 is 0 Å². The first-order valence-electron chi connectivity index (χ1n) is 8.64. The van der Waals surface area contributed by atoms with Gasteiger partial charge in [-0.25, -0.2) is 4.98 Å². The van der Waals surface area contributed by atoms with Crippen molar-refractivity contribution in [2.45, 2.75) is 6.42 Å². The van der Waals surface area contributed by atoms with Crippen LogP contribution < -0.4 is 16.4 Å². The summed E-state index contributed by atoms with van der Waals surface area (Å²) in [4.78, 5) is 28.6. The minimum absolute atomic E-state index is 0.174. The molecule has 1 aromatic carbocycles. The summed E-state index contributed by atoms with van der Waals surface area (Å²) in [5.41, 5.74) is 6.10. The zero-order chi connectivity index (χ0) is 19.5. The standard InChI is InChI=1S/C18H25N5O4/c1-23-12-16(20-13-23)22-18(25)14-4-2-3-5-15(14)21-17(24)6-8-26-10-11-27-9-7-19/h2-5,12-13H,6-11,19H2,1H3,(H,21,24)(H,22,25). The molecule has 0 radical (unpaired) electrons. The van der Waals surface area contributed by atoms with Gasteiger partial charge in [-0.3, -0.25) is 9.59 Å². The fourth-order valence-electron chi connectivity index (χ4n) is 2.23. The van der Waals surface area contributed by atoms with Gasteiger partial charge in [-0.15, -0.1) is 0 Å². The van der Waals surface area contributed by atoms with Crippen LogP contribution in [0, 0.1) is 0 Å². The number of para-hydroxylation sites is 1. The fraction of sp³-hybridized carbons (Fsp3) is 0.389. The summed E-state index contributed by atoms with van der Waals surface area (Å²) in [5.74, 6) is -0.150. The van der Waals surface area contributed by atoms with E-state index in [2.05, 4.69) is 15.6 Å². The van der Waals surface area contributed by atoms with Crippen molar-refractivity contribution in [3.63, 3.8) is 0 Å². The summed E-state index contributed by atoms with van der Waals surface area (Å²) in [6, 6.07) is 6.79. The van der Waals surface area contributed by atoms with Crippen LogP contribution in [0.3, 0.4) is 0 Å². The van der Waals surface area contributed by atoms with Crippen molar-refractivity contribution in [3.05, 3.63) is 42.4 Å². The highest BCUT2D eigenvalue weighted by Gasteiger charge is 2.14. The maximum atomic E-state index is 12.5. The molecule has 0 aliphatic rings. The lowest BCUT2D eigenvalue weighted by molar-refractivity contribution is -0.117. The molecular weight excluding hydrogens is 350 g/mol. The molecule has 0 bridgehead atoms. The SMILES string of the molecule is Cn1cnc(NC(=O)c2ccccc2NC(=O)CCOCCOCCN)c1. The zero-order valence-electron chi connectivity index (χ0n) is 15.3. The summed E-state index contributed by atoms with van der Waals surface area (Å²) in [5, 5.41) is 5.44. The summed E-state index contributed by atoms with van der Waals surface area (Å²) < 4.78 is 12.2. The Bertz CT molecular complexity index is 747. The Morgan fingerprint density at radius 1 is 1.11 bits per heavy atom. The van der Waals surface area contributed by atoms with E-state index in [1.54, 1.807) is 41.4 Å². The predicted octanol–water partition coefficient (Wildman–Crippen LogP) is 0.993. The number of amides is 2. The number of carbonyl (C=O) groups excluding carboxylic acids is 2. The number of aromatic nitrogens is 2. The van der Waals surface area contributed by atoms with Crippen LogP contribution in [-0.2, 0) is 21.3 Å². The molecule has 2 amide bonds. The van der Waals surface area contributed by atoms with Gasteiger partial charge in [0.05, 0.1) is 50.4 Å². The van der Waals surface area contributed by atoms with Crippen molar-refractivity contribution >= 4 is 23.3 Å². The third-order valence-electron chi connectivity index (χ3n) is 3.50. The number of rotatable bonds is 11. The molecule has 0 saturated heterocycles. The minimum atomic E-state index is -0.349. The Balaban J connectivity index is 1.82. The van der Waals surface area contributed by atoms with Gasteiger partial charge in [0.2, 0.25) is 5.91 Å². The predicted molar refractivity (Wildman–Crippen MR) is 102 cm³/mol. The summed E-state index contributed by atoms with van der Waals surface area (Å²) in [7, 11) is 1.81. The van der Waals surface area contributed by atoms with Crippen LogP contribution in [0.25, 0.3) is 0 Å². The molecule has 146 valence electrons. The number of imidazole rings is 1. The number of nitrogens with one attached hydrogen (secondary N) is 2. The number of carbonyl (C=O) groups is 2. The van der Waals surface area contributed by atoms with Crippen LogP contribution in [0.1, 0.15) is 16.8 Å². The zero-order valence-corrected chi connectivity index (χ0v) is 15.3. The van der Waals surface area contributed by atoms with Gasteiger partial charge in [0, 0.05) is 19.8 Å². The van der Waals surface area contributed by atoms with Crippen molar-refractivity contribution in [1.29, 1.82) is 0 Å². The third-order valence-corrected chi connectivity index (χ3v) is 3.50. The second kappa shape index (κ2) is 11.1. The molecule has 0 aliphatic heterocycles. The number of nitrogens with zero attached hydrogens (tertiary/aromatic N) is 2. The van der Waals surface area contributed by atoms with Gasteiger partial charge >= 0.3 is 0 Å². The third kappa shape index (κ3) is 7.18. The molecule has 9 heteroatoms. The van der Waals surface area contributed by atoms with Crippen LogP contribution >= 0.6 is 0 Å². The van der Waals surface area contributed by atoms with E-state index in [1.165, 1.54) is 0 Å². The number of benzene rings is 1. The molecule has 0 aliphatic carbocycles. The molecule has 2 aromatic rings. The van der Waals surface area contributed by atoms with E-state index in [-0.39, 0.29) is 24.8 Å². The van der Waals surface area contributed by atoms with Gasteiger partial charge in [0.1, 0.15) is 0 Å². The van der Waals surface area contributed by atoms with E-state index in [0.29, 0.717) is 43.4 Å². The maximum absolute atomic E-state index is 12.5. The Kier molecular flexibility index (Phi) is 8.43. The van der Waals surface area contributed by atoms with Gasteiger partial charge in [0.15, 0.2) is 5.82 Å². The van der Waals surface area contributed by atoms with Gasteiger partial charge in [-0.1, -0.05) is 12.1 Å². The average Bonchev–Trinajstić information content (AvgIpc) is 3.06. The van der Waals surface area contributed by atoms with Gasteiger partial charge in [-0.2, -0.15) is 0 Å². The quantitative estimate of drug-likeness (QED) is 0.504. The van der Waals surface area contributed by atoms with Crippen LogP contribution in [0.2, 0.25) is 0 Å². The lowest BCUT2D eigenvalue weighted by Crippen LogP contribution is -2.19. The monoisotopic (exact) mass is 375 g/mol. The largest absolute Gasteiger partial charge is 0.379 e. The first-order valence-corrected chi connectivity index (χ1v) is 8.64. The van der Waals surface area contributed by atoms with E-state index in [0.717, 1.165) is 0 Å². The fourth-order valence-corrected chi connectivity index (χ4v) is 2.23. The van der Waals surface area contributed by atoms with Crippen LogP contribution in [0.5, 0.6) is 0 Å². The Morgan fingerprint density at radius 2 is 1.85 bits per heavy atom. The smallest absolute Gasteiger partial charge is 0.258 e. The van der Waals surface area contributed by atoms with Crippen molar-refractivity contribution < 1.29 is 19.1 Å². The minimum Gasteiger partial charge on any atom is -0.379 e. The van der Waals surface area contributed by atoms with Crippen molar-refractivity contribution in [2.75, 3.05) is 43.6 Å². The van der Waals surface area contributed by atoms with E-state index in [4.69, 9.17) is 15.2 Å². The van der Waals surface area contributed by atoms with E-state index < -0.39 is 0 Å². The lowest BCUT2D eigenvalue weighted by atomic mass is 10.1. The summed E-state index contributed by atoms with van der Waals surface area (Å²) >= 11 is 0. The highest BCUT2D eigenvalue weighted by molar-refractivity contribution is 6.09. The molecule has 0 unspecified atom stereocenters. The number of aryl methyl sites for hydroxylation is 1. The number of nitrogens with two attached hydrogens (primary N) is 1. The Morgan fingerprint density at radius 3 is 2.56 bits per heavy atom. The molecule has 0 atom stereocenters. The number of hydrogen-bond acceptors (Lipinski definition) is 6. The molecule has 0 saturated carbocycles. The van der Waals surface area contributed by atoms with E-state index in [9.17, 15) is 9.59 Å².